The Morgan fingerprint density at radius 1 is 1.21 bits per heavy atom. The Labute approximate surface area is 112 Å². The molecule has 0 saturated carbocycles. The van der Waals surface area contributed by atoms with Crippen LogP contribution in [0.15, 0.2) is 30.6 Å². The normalized spacial score (nSPS) is 10.2. The molecule has 0 atom stereocenters. The molecule has 19 heavy (non-hydrogen) atoms. The highest BCUT2D eigenvalue weighted by Gasteiger charge is 2.08. The summed E-state index contributed by atoms with van der Waals surface area (Å²) in [4.78, 5) is 8.12. The Hall–Kier alpha value is -2.30. The Morgan fingerprint density at radius 3 is 2.63 bits per heavy atom. The third kappa shape index (κ3) is 3.34. The van der Waals surface area contributed by atoms with E-state index in [1.165, 1.54) is 17.5 Å². The van der Waals surface area contributed by atoms with Crippen molar-refractivity contribution in [2.45, 2.75) is 20.4 Å². The summed E-state index contributed by atoms with van der Waals surface area (Å²) >= 11 is 0. The van der Waals surface area contributed by atoms with Crippen molar-refractivity contribution in [3.63, 3.8) is 0 Å². The molecule has 0 radical (unpaired) electrons. The topological polar surface area (TPSA) is 73.1 Å². The lowest BCUT2D eigenvalue weighted by atomic mass is 10.1. The minimum atomic E-state index is 0.420. The van der Waals surface area contributed by atoms with Crippen LogP contribution in [0, 0.1) is 6.92 Å². The highest BCUT2D eigenvalue weighted by atomic mass is 16.5. The molecule has 1 aromatic heterocycles. The van der Waals surface area contributed by atoms with Crippen LogP contribution in [0.3, 0.4) is 0 Å². The van der Waals surface area contributed by atoms with Gasteiger partial charge >= 0.3 is 0 Å². The SMILES string of the molecule is CCOc1ncnc(NCc2ccc(C)cc2)c1N. The maximum atomic E-state index is 5.95. The molecule has 0 aliphatic rings. The van der Waals surface area contributed by atoms with Crippen LogP contribution in [0.4, 0.5) is 11.5 Å². The van der Waals surface area contributed by atoms with Gasteiger partial charge in [0.15, 0.2) is 5.82 Å². The minimum absolute atomic E-state index is 0.420. The summed E-state index contributed by atoms with van der Waals surface area (Å²) in [7, 11) is 0. The fourth-order valence-electron chi connectivity index (χ4n) is 1.66. The molecule has 5 nitrogen and oxygen atoms in total. The number of nitrogens with one attached hydrogen (secondary N) is 1. The van der Waals surface area contributed by atoms with Crippen LogP contribution in [0.25, 0.3) is 0 Å². The number of nitrogen functional groups attached to an aromatic ring is 1. The van der Waals surface area contributed by atoms with Crippen LogP contribution < -0.4 is 15.8 Å². The third-order valence-corrected chi connectivity index (χ3v) is 2.71. The van der Waals surface area contributed by atoms with Crippen molar-refractivity contribution in [3.05, 3.63) is 41.7 Å². The van der Waals surface area contributed by atoms with Gasteiger partial charge < -0.3 is 15.8 Å². The largest absolute Gasteiger partial charge is 0.476 e. The molecule has 0 unspecified atom stereocenters. The van der Waals surface area contributed by atoms with Gasteiger partial charge in [-0.3, -0.25) is 0 Å². The van der Waals surface area contributed by atoms with Gasteiger partial charge in [0.25, 0.3) is 0 Å². The first-order chi connectivity index (χ1) is 9.20. The summed E-state index contributed by atoms with van der Waals surface area (Å²) in [5.74, 6) is 1.02. The Morgan fingerprint density at radius 2 is 1.95 bits per heavy atom. The highest BCUT2D eigenvalue weighted by Crippen LogP contribution is 2.24. The van der Waals surface area contributed by atoms with Gasteiger partial charge in [-0.25, -0.2) is 4.98 Å². The monoisotopic (exact) mass is 258 g/mol. The summed E-state index contributed by atoms with van der Waals surface area (Å²) in [6.07, 6.45) is 1.44. The van der Waals surface area contributed by atoms with Crippen LogP contribution in [-0.4, -0.2) is 16.6 Å². The van der Waals surface area contributed by atoms with E-state index in [2.05, 4.69) is 46.5 Å². The third-order valence-electron chi connectivity index (χ3n) is 2.71. The number of hydrogen-bond acceptors (Lipinski definition) is 5. The molecule has 0 fully saturated rings. The van der Waals surface area contributed by atoms with E-state index in [4.69, 9.17) is 10.5 Å². The van der Waals surface area contributed by atoms with Crippen molar-refractivity contribution in [2.75, 3.05) is 17.7 Å². The smallest absolute Gasteiger partial charge is 0.242 e. The lowest BCUT2D eigenvalue weighted by Crippen LogP contribution is -2.07. The maximum Gasteiger partial charge on any atom is 0.242 e. The molecule has 0 saturated heterocycles. The molecule has 3 N–H and O–H groups in total. The minimum Gasteiger partial charge on any atom is -0.476 e. The lowest BCUT2D eigenvalue weighted by molar-refractivity contribution is 0.328. The van der Waals surface area contributed by atoms with Gasteiger partial charge in [0.2, 0.25) is 5.88 Å². The average molecular weight is 258 g/mol. The first-order valence-corrected chi connectivity index (χ1v) is 6.23. The number of aromatic nitrogens is 2. The van der Waals surface area contributed by atoms with E-state index in [0.29, 0.717) is 30.5 Å². The maximum absolute atomic E-state index is 5.95. The molecule has 1 aromatic carbocycles. The Kier molecular flexibility index (Phi) is 4.18. The lowest BCUT2D eigenvalue weighted by Gasteiger charge is -2.11. The molecular formula is C14H18N4O. The summed E-state index contributed by atoms with van der Waals surface area (Å²) in [6, 6.07) is 8.30. The van der Waals surface area contributed by atoms with Gasteiger partial charge in [-0.2, -0.15) is 4.98 Å². The van der Waals surface area contributed by atoms with Gasteiger partial charge in [-0.1, -0.05) is 29.8 Å². The number of anilines is 2. The van der Waals surface area contributed by atoms with E-state index < -0.39 is 0 Å². The predicted molar refractivity (Wildman–Crippen MR) is 76.1 cm³/mol. The summed E-state index contributed by atoms with van der Waals surface area (Å²) in [5, 5.41) is 3.19. The average Bonchev–Trinajstić information content (AvgIpc) is 2.42. The number of hydrogen-bond donors (Lipinski definition) is 2. The molecule has 2 aromatic rings. The zero-order valence-corrected chi connectivity index (χ0v) is 11.2. The second kappa shape index (κ2) is 6.04. The van der Waals surface area contributed by atoms with Gasteiger partial charge in [-0.15, -0.1) is 0 Å². The zero-order chi connectivity index (χ0) is 13.7. The molecular weight excluding hydrogens is 240 g/mol. The van der Waals surface area contributed by atoms with Gasteiger partial charge in [0.1, 0.15) is 12.0 Å². The first-order valence-electron chi connectivity index (χ1n) is 6.23. The van der Waals surface area contributed by atoms with Crippen LogP contribution in [0.2, 0.25) is 0 Å². The van der Waals surface area contributed by atoms with E-state index >= 15 is 0 Å². The Bertz CT molecular complexity index is 540. The van der Waals surface area contributed by atoms with Crippen LogP contribution in [-0.2, 0) is 6.54 Å². The van der Waals surface area contributed by atoms with E-state index in [1.807, 2.05) is 6.92 Å². The second-order valence-electron chi connectivity index (χ2n) is 4.21. The molecule has 5 heteroatoms. The second-order valence-corrected chi connectivity index (χ2v) is 4.21. The van der Waals surface area contributed by atoms with Gasteiger partial charge in [0.05, 0.1) is 6.61 Å². The van der Waals surface area contributed by atoms with E-state index in [-0.39, 0.29) is 0 Å². The fraction of sp³-hybridized carbons (Fsp3) is 0.286. The van der Waals surface area contributed by atoms with Crippen molar-refractivity contribution >= 4 is 11.5 Å². The number of nitrogens with zero attached hydrogens (tertiary/aromatic N) is 2. The van der Waals surface area contributed by atoms with Crippen molar-refractivity contribution in [2.24, 2.45) is 0 Å². The van der Waals surface area contributed by atoms with Crippen LogP contribution >= 0.6 is 0 Å². The highest BCUT2D eigenvalue weighted by molar-refractivity contribution is 5.66. The molecule has 2 rings (SSSR count). The van der Waals surface area contributed by atoms with E-state index in [9.17, 15) is 0 Å². The molecule has 0 bridgehead atoms. The van der Waals surface area contributed by atoms with Gasteiger partial charge in [0, 0.05) is 6.54 Å². The zero-order valence-electron chi connectivity index (χ0n) is 11.2. The van der Waals surface area contributed by atoms with E-state index in [0.717, 1.165) is 0 Å². The Balaban J connectivity index is 2.07. The van der Waals surface area contributed by atoms with Crippen molar-refractivity contribution in [3.8, 4) is 5.88 Å². The first kappa shape index (κ1) is 13.1. The van der Waals surface area contributed by atoms with Crippen molar-refractivity contribution in [1.82, 2.24) is 9.97 Å². The van der Waals surface area contributed by atoms with Crippen molar-refractivity contribution in [1.29, 1.82) is 0 Å². The molecule has 0 amide bonds. The number of benzene rings is 1. The number of ether oxygens (including phenoxy) is 1. The number of nitrogens with two attached hydrogens (primary N) is 1. The number of aryl methyl sites for hydroxylation is 1. The molecule has 0 aliphatic heterocycles. The van der Waals surface area contributed by atoms with Crippen LogP contribution in [0.1, 0.15) is 18.1 Å². The standard InChI is InChI=1S/C14H18N4O/c1-3-19-14-12(15)13(17-9-18-14)16-8-11-6-4-10(2)5-7-11/h4-7,9H,3,8,15H2,1-2H3,(H,16,17,18). The van der Waals surface area contributed by atoms with Crippen LogP contribution in [0.5, 0.6) is 5.88 Å². The number of rotatable bonds is 5. The van der Waals surface area contributed by atoms with Crippen molar-refractivity contribution < 1.29 is 4.74 Å². The van der Waals surface area contributed by atoms with Gasteiger partial charge in [-0.05, 0) is 19.4 Å². The van der Waals surface area contributed by atoms with E-state index in [1.54, 1.807) is 0 Å². The summed E-state index contributed by atoms with van der Waals surface area (Å²) in [5.41, 5.74) is 8.79. The molecule has 100 valence electrons. The molecule has 0 spiro atoms. The quantitative estimate of drug-likeness (QED) is 0.861. The fourth-order valence-corrected chi connectivity index (χ4v) is 1.66. The molecule has 1 heterocycles. The summed E-state index contributed by atoms with van der Waals surface area (Å²) in [6.45, 7) is 5.14. The summed E-state index contributed by atoms with van der Waals surface area (Å²) < 4.78 is 5.33. The molecule has 0 aliphatic carbocycles. The predicted octanol–water partition coefficient (Wildman–Crippen LogP) is 2.38.